The Bertz CT molecular complexity index is 1340. The molecule has 1 aliphatic heterocycles. The van der Waals surface area contributed by atoms with E-state index in [-0.39, 0.29) is 17.6 Å². The van der Waals surface area contributed by atoms with E-state index in [9.17, 15) is 9.18 Å². The molecule has 2 N–H and O–H groups in total. The van der Waals surface area contributed by atoms with Gasteiger partial charge in [0.1, 0.15) is 11.9 Å². The van der Waals surface area contributed by atoms with Crippen LogP contribution in [0.15, 0.2) is 84.9 Å². The number of halogens is 2. The Morgan fingerprint density at radius 3 is 2.50 bits per heavy atom. The van der Waals surface area contributed by atoms with Crippen molar-refractivity contribution in [2.45, 2.75) is 6.04 Å². The average Bonchev–Trinajstić information content (AvgIpc) is 3.22. The first-order valence-electron chi connectivity index (χ1n) is 9.91. The van der Waals surface area contributed by atoms with Crippen molar-refractivity contribution in [3.63, 3.8) is 0 Å². The van der Waals surface area contributed by atoms with Crippen molar-refractivity contribution < 1.29 is 9.18 Å². The van der Waals surface area contributed by atoms with Gasteiger partial charge < -0.3 is 5.32 Å². The Balaban J connectivity index is 1.53. The number of carbonyl (C=O) groups excluding carboxylic acids is 1. The lowest BCUT2D eigenvalue weighted by atomic mass is 10.0. The van der Waals surface area contributed by atoms with Crippen molar-refractivity contribution in [3.05, 3.63) is 112 Å². The first-order valence-corrected chi connectivity index (χ1v) is 10.3. The lowest BCUT2D eigenvalue weighted by Crippen LogP contribution is -2.20. The predicted octanol–water partition coefficient (Wildman–Crippen LogP) is 5.38. The Hall–Kier alpha value is -3.97. The number of hydrogen-bond donors (Lipinski definition) is 2. The van der Waals surface area contributed by atoms with Crippen molar-refractivity contribution in [1.82, 2.24) is 14.8 Å². The van der Waals surface area contributed by atoms with Crippen LogP contribution in [0.25, 0.3) is 5.70 Å². The Kier molecular flexibility index (Phi) is 5.17. The molecule has 0 saturated carbocycles. The normalized spacial score (nSPS) is 14.8. The molecule has 1 aliphatic rings. The summed E-state index contributed by atoms with van der Waals surface area (Å²) < 4.78 is 15.6. The van der Waals surface area contributed by atoms with Crippen molar-refractivity contribution in [2.75, 3.05) is 10.6 Å². The summed E-state index contributed by atoms with van der Waals surface area (Å²) in [6, 6.07) is 22.7. The maximum absolute atomic E-state index is 14.0. The van der Waals surface area contributed by atoms with E-state index in [2.05, 4.69) is 20.7 Å². The third-order valence-electron chi connectivity index (χ3n) is 5.12. The van der Waals surface area contributed by atoms with E-state index in [0.717, 1.165) is 16.8 Å². The minimum atomic E-state index is -0.628. The zero-order valence-electron chi connectivity index (χ0n) is 16.7. The summed E-state index contributed by atoms with van der Waals surface area (Å²) in [7, 11) is 0. The molecule has 1 aromatic heterocycles. The fourth-order valence-electron chi connectivity index (χ4n) is 3.58. The molecule has 0 bridgehead atoms. The van der Waals surface area contributed by atoms with Gasteiger partial charge in [-0.15, -0.1) is 5.10 Å². The van der Waals surface area contributed by atoms with Crippen LogP contribution in [0.5, 0.6) is 0 Å². The van der Waals surface area contributed by atoms with Gasteiger partial charge >= 0.3 is 0 Å². The lowest BCUT2D eigenvalue weighted by Gasteiger charge is -2.24. The van der Waals surface area contributed by atoms with Crippen LogP contribution in [-0.4, -0.2) is 20.7 Å². The van der Waals surface area contributed by atoms with Crippen LogP contribution in [0, 0.1) is 5.82 Å². The summed E-state index contributed by atoms with van der Waals surface area (Å²) in [6.07, 6.45) is 2.00. The van der Waals surface area contributed by atoms with Gasteiger partial charge in [0, 0.05) is 10.7 Å². The van der Waals surface area contributed by atoms with Crippen LogP contribution in [0.4, 0.5) is 16.3 Å². The van der Waals surface area contributed by atoms with Gasteiger partial charge in [-0.05, 0) is 35.4 Å². The molecule has 0 fully saturated rings. The standard InChI is InChI=1S/C24H17ClFN5O/c25-18-12-6-4-10-16(18)21-14-20(15-8-2-1-3-9-15)27-24-29-23(30-31(21)24)28-22(32)17-11-5-7-13-19(17)26/h1-14,21H,(H2,27,28,29,30,32)/t21-/m0/s1. The molecule has 0 aliphatic carbocycles. The highest BCUT2D eigenvalue weighted by Crippen LogP contribution is 2.35. The maximum Gasteiger partial charge on any atom is 0.261 e. The molecule has 0 unspecified atom stereocenters. The molecule has 0 spiro atoms. The minimum absolute atomic E-state index is 0.0560. The molecule has 6 nitrogen and oxygen atoms in total. The summed E-state index contributed by atoms with van der Waals surface area (Å²) in [4.78, 5) is 17.0. The molecular weight excluding hydrogens is 429 g/mol. The van der Waals surface area contributed by atoms with Gasteiger partial charge in [0.05, 0.1) is 5.56 Å². The van der Waals surface area contributed by atoms with Gasteiger partial charge in [0.2, 0.25) is 5.95 Å². The van der Waals surface area contributed by atoms with E-state index >= 15 is 0 Å². The minimum Gasteiger partial charge on any atom is -0.324 e. The molecule has 1 atom stereocenters. The van der Waals surface area contributed by atoms with Crippen LogP contribution >= 0.6 is 11.6 Å². The second-order valence-electron chi connectivity index (χ2n) is 7.18. The van der Waals surface area contributed by atoms with Crippen LogP contribution < -0.4 is 10.6 Å². The zero-order chi connectivity index (χ0) is 22.1. The van der Waals surface area contributed by atoms with E-state index in [0.29, 0.717) is 11.0 Å². The largest absolute Gasteiger partial charge is 0.324 e. The first-order chi connectivity index (χ1) is 15.6. The predicted molar refractivity (Wildman–Crippen MR) is 122 cm³/mol. The third kappa shape index (κ3) is 3.74. The van der Waals surface area contributed by atoms with E-state index in [1.807, 2.05) is 60.7 Å². The molecule has 8 heteroatoms. The van der Waals surface area contributed by atoms with Crippen LogP contribution in [0.3, 0.4) is 0 Å². The summed E-state index contributed by atoms with van der Waals surface area (Å²) >= 11 is 6.48. The van der Waals surface area contributed by atoms with Crippen molar-refractivity contribution in [1.29, 1.82) is 0 Å². The Morgan fingerprint density at radius 2 is 1.72 bits per heavy atom. The number of carbonyl (C=O) groups is 1. The quantitative estimate of drug-likeness (QED) is 0.442. The Labute approximate surface area is 188 Å². The second-order valence-corrected chi connectivity index (χ2v) is 7.58. The first kappa shape index (κ1) is 20.0. The topological polar surface area (TPSA) is 71.8 Å². The number of benzene rings is 3. The summed E-state index contributed by atoms with van der Waals surface area (Å²) in [5.74, 6) is -0.758. The summed E-state index contributed by atoms with van der Waals surface area (Å²) in [5.41, 5.74) is 2.55. The fourth-order valence-corrected chi connectivity index (χ4v) is 3.83. The highest BCUT2D eigenvalue weighted by molar-refractivity contribution is 6.31. The molecule has 158 valence electrons. The number of anilines is 2. The molecule has 32 heavy (non-hydrogen) atoms. The number of rotatable bonds is 4. The molecule has 0 saturated heterocycles. The van der Waals surface area contributed by atoms with Gasteiger partial charge in [-0.25, -0.2) is 9.07 Å². The number of nitrogens with zero attached hydrogens (tertiary/aromatic N) is 3. The van der Waals surface area contributed by atoms with Gasteiger partial charge in [0.25, 0.3) is 11.9 Å². The lowest BCUT2D eigenvalue weighted by molar-refractivity contribution is 0.102. The monoisotopic (exact) mass is 445 g/mol. The fraction of sp³-hybridized carbons (Fsp3) is 0.0417. The molecule has 5 rings (SSSR count). The zero-order valence-corrected chi connectivity index (χ0v) is 17.4. The number of amides is 1. The van der Waals surface area contributed by atoms with Crippen molar-refractivity contribution in [3.8, 4) is 0 Å². The molecule has 1 amide bonds. The van der Waals surface area contributed by atoms with E-state index in [1.54, 1.807) is 10.7 Å². The number of aromatic nitrogens is 3. The molecule has 2 heterocycles. The number of fused-ring (bicyclic) bond motifs is 1. The van der Waals surface area contributed by atoms with Crippen LogP contribution in [0.1, 0.15) is 27.5 Å². The van der Waals surface area contributed by atoms with E-state index in [4.69, 9.17) is 11.6 Å². The highest BCUT2D eigenvalue weighted by atomic mass is 35.5. The van der Waals surface area contributed by atoms with Gasteiger partial charge in [0.15, 0.2) is 0 Å². The van der Waals surface area contributed by atoms with E-state index < -0.39 is 11.7 Å². The van der Waals surface area contributed by atoms with E-state index in [1.165, 1.54) is 18.2 Å². The molecule has 3 aromatic carbocycles. The molecule has 0 radical (unpaired) electrons. The summed E-state index contributed by atoms with van der Waals surface area (Å²) in [6.45, 7) is 0. The number of allylic oxidation sites excluding steroid dienone is 1. The molecular formula is C24H17ClFN5O. The van der Waals surface area contributed by atoms with Gasteiger partial charge in [-0.3, -0.25) is 10.1 Å². The molecule has 4 aromatic rings. The smallest absolute Gasteiger partial charge is 0.261 e. The second kappa shape index (κ2) is 8.28. The van der Waals surface area contributed by atoms with Crippen LogP contribution in [0.2, 0.25) is 5.02 Å². The maximum atomic E-state index is 14.0. The summed E-state index contributed by atoms with van der Waals surface area (Å²) in [5, 5.41) is 10.9. The van der Waals surface area contributed by atoms with Crippen LogP contribution in [-0.2, 0) is 0 Å². The SMILES string of the molecule is O=C(Nc1nc2n(n1)[C@H](c1ccccc1Cl)C=C(c1ccccc1)N2)c1ccccc1F. The Morgan fingerprint density at radius 1 is 1.00 bits per heavy atom. The number of hydrogen-bond acceptors (Lipinski definition) is 4. The highest BCUT2D eigenvalue weighted by Gasteiger charge is 2.27. The van der Waals surface area contributed by atoms with Crippen molar-refractivity contribution >= 4 is 35.1 Å². The number of nitrogens with one attached hydrogen (secondary N) is 2. The van der Waals surface area contributed by atoms with Gasteiger partial charge in [-0.2, -0.15) is 4.98 Å². The average molecular weight is 446 g/mol. The van der Waals surface area contributed by atoms with Gasteiger partial charge in [-0.1, -0.05) is 72.3 Å². The van der Waals surface area contributed by atoms with Crippen molar-refractivity contribution in [2.24, 2.45) is 0 Å². The third-order valence-corrected chi connectivity index (χ3v) is 5.46.